The number of halogens is 1. The van der Waals surface area contributed by atoms with Crippen molar-refractivity contribution < 1.29 is 9.47 Å². The Bertz CT molecular complexity index is 890. The minimum absolute atomic E-state index is 0.00548. The fourth-order valence-corrected chi connectivity index (χ4v) is 5.27. The molecule has 0 spiro atoms. The molecule has 0 aromatic heterocycles. The normalized spacial score (nSPS) is 32.8. The minimum Gasteiger partial charge on any atom is -0.374 e. The summed E-state index contributed by atoms with van der Waals surface area (Å²) in [6.45, 7) is 0.801. The number of ether oxygens (including phenoxy) is 2. The smallest absolute Gasteiger partial charge is 0.230 e. The highest BCUT2D eigenvalue weighted by atomic mass is 35.5. The van der Waals surface area contributed by atoms with Crippen molar-refractivity contribution in [3.05, 3.63) is 63.8 Å². The van der Waals surface area contributed by atoms with Crippen molar-refractivity contribution >= 4 is 29.1 Å². The summed E-state index contributed by atoms with van der Waals surface area (Å²) in [6, 6.07) is 8.92. The predicted molar refractivity (Wildman–Crippen MR) is 120 cm³/mol. The van der Waals surface area contributed by atoms with E-state index < -0.39 is 0 Å². The number of allylic oxidation sites excluding steroid dienone is 2. The van der Waals surface area contributed by atoms with Gasteiger partial charge in [0.05, 0.1) is 27.8 Å². The van der Waals surface area contributed by atoms with E-state index in [0.717, 1.165) is 18.1 Å². The van der Waals surface area contributed by atoms with E-state index in [9.17, 15) is 0 Å². The van der Waals surface area contributed by atoms with E-state index in [-0.39, 0.29) is 18.0 Å². The van der Waals surface area contributed by atoms with Crippen LogP contribution in [0.2, 0.25) is 0 Å². The van der Waals surface area contributed by atoms with Gasteiger partial charge in [-0.15, -0.1) is 0 Å². The van der Waals surface area contributed by atoms with Gasteiger partial charge in [-0.2, -0.15) is 0 Å². The van der Waals surface area contributed by atoms with Crippen LogP contribution in [0.25, 0.3) is 5.70 Å². The number of methoxy groups -OCH3 is 1. The molecular weight excluding hydrogens is 422 g/mol. The third-order valence-corrected chi connectivity index (χ3v) is 7.31. The van der Waals surface area contributed by atoms with E-state index in [1.165, 1.54) is 21.9 Å². The second-order valence-electron chi connectivity index (χ2n) is 7.85. The fourth-order valence-electron chi connectivity index (χ4n) is 4.05. The first-order valence-electron chi connectivity index (χ1n) is 10.1. The van der Waals surface area contributed by atoms with Gasteiger partial charge in [-0.3, -0.25) is 0 Å². The first kappa shape index (κ1) is 20.2. The van der Waals surface area contributed by atoms with Gasteiger partial charge in [0.1, 0.15) is 6.23 Å². The minimum atomic E-state index is -0.369. The van der Waals surface area contributed by atoms with Crippen LogP contribution in [0.1, 0.15) is 23.5 Å². The van der Waals surface area contributed by atoms with E-state index in [2.05, 4.69) is 63.8 Å². The van der Waals surface area contributed by atoms with E-state index in [0.29, 0.717) is 11.8 Å². The number of hydrogen-bond donors (Lipinski definition) is 4. The monoisotopic (exact) mass is 447 g/mol. The van der Waals surface area contributed by atoms with Crippen molar-refractivity contribution in [1.29, 1.82) is 0 Å². The van der Waals surface area contributed by atoms with Crippen LogP contribution in [0.15, 0.2) is 52.7 Å². The molecule has 4 unspecified atom stereocenters. The molecule has 1 aliphatic carbocycles. The molecule has 4 N–H and O–H groups in total. The maximum atomic E-state index is 6.01. The van der Waals surface area contributed by atoms with Crippen molar-refractivity contribution in [1.82, 2.24) is 26.4 Å². The summed E-state index contributed by atoms with van der Waals surface area (Å²) in [5.74, 6) is 0.984. The van der Waals surface area contributed by atoms with Crippen molar-refractivity contribution in [3.63, 3.8) is 0 Å². The van der Waals surface area contributed by atoms with Crippen LogP contribution < -0.4 is 21.5 Å². The van der Waals surface area contributed by atoms with Gasteiger partial charge in [-0.05, 0) is 24.0 Å². The molecule has 5 rings (SSSR count). The molecule has 1 aromatic carbocycles. The number of nitrogens with zero attached hydrogens (tertiary/aromatic N) is 1. The summed E-state index contributed by atoms with van der Waals surface area (Å²) in [4.78, 5) is 2.24. The van der Waals surface area contributed by atoms with Gasteiger partial charge < -0.3 is 25.0 Å². The molecule has 0 bridgehead atoms. The molecule has 1 saturated carbocycles. The third kappa shape index (κ3) is 4.08. The zero-order chi connectivity index (χ0) is 20.7. The maximum Gasteiger partial charge on any atom is 0.230 e. The molecule has 5 atom stereocenters. The summed E-state index contributed by atoms with van der Waals surface area (Å²) in [5, 5.41) is 8.97. The van der Waals surface area contributed by atoms with Crippen LogP contribution >= 0.6 is 23.4 Å². The Hall–Kier alpha value is -1.68. The number of benzene rings is 1. The molecule has 1 aromatic rings. The van der Waals surface area contributed by atoms with Gasteiger partial charge in [0.25, 0.3) is 0 Å². The highest BCUT2D eigenvalue weighted by Crippen LogP contribution is 2.50. The van der Waals surface area contributed by atoms with Crippen LogP contribution in [0.5, 0.6) is 0 Å². The predicted octanol–water partition coefficient (Wildman–Crippen LogP) is 2.59. The lowest BCUT2D eigenvalue weighted by atomic mass is 10.0. The Kier molecular flexibility index (Phi) is 5.70. The van der Waals surface area contributed by atoms with Gasteiger partial charge in [-0.25, -0.2) is 10.9 Å². The quantitative estimate of drug-likeness (QED) is 0.530. The summed E-state index contributed by atoms with van der Waals surface area (Å²) in [7, 11) is 3.74. The van der Waals surface area contributed by atoms with Crippen molar-refractivity contribution in [2.24, 2.45) is 5.92 Å². The van der Waals surface area contributed by atoms with Gasteiger partial charge in [0.2, 0.25) is 6.41 Å². The molecule has 0 amide bonds. The van der Waals surface area contributed by atoms with Crippen LogP contribution in [-0.4, -0.2) is 43.7 Å². The number of thioether (sulfide) groups is 1. The van der Waals surface area contributed by atoms with E-state index in [1.54, 1.807) is 18.9 Å². The standard InChI is InChI=1S/C21H26ClN5O2S/c1-27-11-24-18(20(27)30-17-8-7-14(22)10-23-17)13-5-3-12(4-6-13)15-9-16(15)19-25-26-21(28-2)29-19/h3-8,10,15-17,19,21,23-26H,9,11H2,1-2H3/t15-,16?,17?,19?,21?/m1/s1. The van der Waals surface area contributed by atoms with Crippen LogP contribution in [0, 0.1) is 5.92 Å². The molecule has 160 valence electrons. The van der Waals surface area contributed by atoms with Gasteiger partial charge in [0.15, 0.2) is 0 Å². The number of hydrogen-bond acceptors (Lipinski definition) is 8. The van der Waals surface area contributed by atoms with Crippen molar-refractivity contribution in [2.75, 3.05) is 20.8 Å². The number of dihydropyridines is 1. The first-order valence-corrected chi connectivity index (χ1v) is 11.3. The van der Waals surface area contributed by atoms with Gasteiger partial charge in [-0.1, -0.05) is 53.7 Å². The molecule has 7 nitrogen and oxygen atoms in total. The number of hydrazine groups is 1. The second kappa shape index (κ2) is 8.45. The van der Waals surface area contributed by atoms with Crippen LogP contribution in [-0.2, 0) is 9.47 Å². The SMILES string of the molecule is COC1NNC(C2C[C@@H]2c2ccc(C3=C(SC4C=CC(Cl)=CN4)N(C)CN3)cc2)O1. The topological polar surface area (TPSA) is 69.8 Å². The molecule has 9 heteroatoms. The summed E-state index contributed by atoms with van der Waals surface area (Å²) >= 11 is 7.79. The number of nitrogens with one attached hydrogen (secondary N) is 4. The summed E-state index contributed by atoms with van der Waals surface area (Å²) in [5.41, 5.74) is 9.91. The Balaban J connectivity index is 1.26. The van der Waals surface area contributed by atoms with Crippen LogP contribution in [0.4, 0.5) is 0 Å². The molecular formula is C21H26ClN5O2S. The van der Waals surface area contributed by atoms with Crippen molar-refractivity contribution in [3.8, 4) is 0 Å². The molecule has 4 aliphatic rings. The Morgan fingerprint density at radius 1 is 1.23 bits per heavy atom. The highest BCUT2D eigenvalue weighted by molar-refractivity contribution is 8.03. The molecule has 0 radical (unpaired) electrons. The lowest BCUT2D eigenvalue weighted by Gasteiger charge is -2.21. The van der Waals surface area contributed by atoms with Crippen molar-refractivity contribution in [2.45, 2.75) is 30.4 Å². The maximum absolute atomic E-state index is 6.01. The molecule has 2 fully saturated rings. The van der Waals surface area contributed by atoms with Crippen LogP contribution in [0.3, 0.4) is 0 Å². The lowest BCUT2D eigenvalue weighted by Crippen LogP contribution is -2.35. The molecule has 3 heterocycles. The van der Waals surface area contributed by atoms with E-state index in [4.69, 9.17) is 21.1 Å². The zero-order valence-corrected chi connectivity index (χ0v) is 18.5. The fraction of sp³-hybridized carbons (Fsp3) is 0.429. The highest BCUT2D eigenvalue weighted by Gasteiger charge is 2.47. The number of rotatable bonds is 6. The van der Waals surface area contributed by atoms with E-state index >= 15 is 0 Å². The Morgan fingerprint density at radius 2 is 2.07 bits per heavy atom. The Labute approximate surface area is 185 Å². The van der Waals surface area contributed by atoms with E-state index in [1.807, 2.05) is 12.3 Å². The largest absolute Gasteiger partial charge is 0.374 e. The second-order valence-corrected chi connectivity index (χ2v) is 9.41. The first-order chi connectivity index (χ1) is 14.6. The lowest BCUT2D eigenvalue weighted by molar-refractivity contribution is -0.128. The molecule has 1 saturated heterocycles. The third-order valence-electron chi connectivity index (χ3n) is 5.79. The molecule has 30 heavy (non-hydrogen) atoms. The molecule has 3 aliphatic heterocycles. The average molecular weight is 448 g/mol. The van der Waals surface area contributed by atoms with Gasteiger partial charge >= 0.3 is 0 Å². The zero-order valence-electron chi connectivity index (χ0n) is 16.9. The summed E-state index contributed by atoms with van der Waals surface area (Å²) < 4.78 is 11.0. The average Bonchev–Trinajstić information content (AvgIpc) is 3.27. The summed E-state index contributed by atoms with van der Waals surface area (Å²) in [6.07, 6.45) is 6.61. The van der Waals surface area contributed by atoms with Gasteiger partial charge in [0, 0.05) is 31.8 Å². The Morgan fingerprint density at radius 3 is 2.77 bits per heavy atom.